The first-order valence-corrected chi connectivity index (χ1v) is 52.6. The van der Waals surface area contributed by atoms with Gasteiger partial charge in [-0.1, -0.05) is 11.8 Å². The number of aliphatic imine (C=N–C) groups is 8. The van der Waals surface area contributed by atoms with E-state index < -0.39 is 28.8 Å². The Morgan fingerprint density at radius 2 is 0.592 bits per heavy atom. The van der Waals surface area contributed by atoms with Crippen molar-refractivity contribution in [3.8, 4) is 35.5 Å². The number of aromatic nitrogens is 12. The van der Waals surface area contributed by atoms with Gasteiger partial charge in [-0.05, 0) is 37.5 Å². The number of benzene rings is 4. The molecule has 2 N–H and O–H groups in total. The molecule has 32 heteroatoms. The van der Waals surface area contributed by atoms with Gasteiger partial charge < -0.3 is 0 Å². The van der Waals surface area contributed by atoms with Crippen molar-refractivity contribution in [2.75, 3.05) is 39.6 Å². The van der Waals surface area contributed by atoms with Gasteiger partial charge in [0.15, 0.2) is 0 Å². The molecule has 30 nitrogen and oxygen atoms in total. The van der Waals surface area contributed by atoms with Crippen LogP contribution in [0.2, 0.25) is 0 Å². The minimum atomic E-state index is -5.28. The summed E-state index contributed by atoms with van der Waals surface area (Å²) in [5.74, 6) is 24.5. The molecule has 12 aromatic rings. The Balaban J connectivity index is 0.000000141. The second-order valence-electron chi connectivity index (χ2n) is 35.6. The van der Waals surface area contributed by atoms with E-state index in [0.717, 1.165) is 121 Å². The van der Waals surface area contributed by atoms with E-state index >= 15 is 0 Å². The molecular formula is C98H94Ge2N24O6. The molecule has 16 heterocycles. The van der Waals surface area contributed by atoms with E-state index in [4.69, 9.17) is 115 Å². The second-order valence-corrected chi connectivity index (χ2v) is 46.4. The van der Waals surface area contributed by atoms with Gasteiger partial charge in [-0.25, -0.2) is 0 Å². The molecule has 4 aliphatic carbocycles. The van der Waals surface area contributed by atoms with Crippen molar-refractivity contribution < 1.29 is 25.3 Å². The fraction of sp³-hybridized carbons (Fsp3) is 0.367. The summed E-state index contributed by atoms with van der Waals surface area (Å²) in [5, 5.41) is 23.8. The maximum absolute atomic E-state index is 10.1. The van der Waals surface area contributed by atoms with Gasteiger partial charge >= 0.3 is 712 Å². The predicted octanol–water partition coefficient (Wildman–Crippen LogP) is 12.7. The number of aliphatic hydroxyl groups excluding tert-OH is 2. The van der Waals surface area contributed by atoms with Crippen molar-refractivity contribution in [2.45, 2.75) is 131 Å². The zero-order valence-corrected chi connectivity index (χ0v) is 77.2. The third-order valence-electron chi connectivity index (χ3n) is 27.9. The van der Waals surface area contributed by atoms with Gasteiger partial charge in [0.2, 0.25) is 0 Å². The summed E-state index contributed by atoms with van der Waals surface area (Å²) in [4.78, 5) is 103. The van der Waals surface area contributed by atoms with Crippen LogP contribution in [0.3, 0.4) is 0 Å². The second kappa shape index (κ2) is 34.7. The van der Waals surface area contributed by atoms with Crippen LogP contribution in [0.4, 0.5) is 23.3 Å². The molecule has 8 aromatic heterocycles. The molecule has 4 atom stereocenters. The summed E-state index contributed by atoms with van der Waals surface area (Å²) in [5.41, 5.74) is 9.63. The SMILES string of the molecule is CC#CC#CC#CC.CC1CCCC(C)C1C[O][Ge]1([O]CC2C(C)CCCC2C)[n]2c3c4nccnc4c2N=C2N=C(N=c4c5nccnc5c([n]41)=NC1=NC(=N3)c3nccnc31)c1nccnc12.OCC1CCC(C[O][Ge]2([O]CC3CCC(CO)CC3)[n]3c4c5ccccc5c3N=C3N=C(N=c5c6ccccc6c([n]52)=NC2=NC(=N4)c4ccccc42)c2ccccc23)CC1. The third-order valence-corrected chi connectivity index (χ3v) is 40.7. The van der Waals surface area contributed by atoms with Crippen molar-refractivity contribution in [1.82, 2.24) is 54.0 Å². The number of nitrogens with zero attached hydrogens (tertiary/aromatic N) is 24. The molecule has 4 unspecified atom stereocenters. The van der Waals surface area contributed by atoms with Crippen molar-refractivity contribution in [2.24, 2.45) is 119 Å². The monoisotopic (exact) mass is 1850 g/mol. The molecular weight excluding hydrogens is 1750 g/mol. The number of hydrogen-bond acceptors (Lipinski definition) is 26. The first-order chi connectivity index (χ1) is 63.9. The normalized spacial score (nSPS) is 24.7. The summed E-state index contributed by atoms with van der Waals surface area (Å²) >= 11 is -10.3. The van der Waals surface area contributed by atoms with E-state index in [0.29, 0.717) is 199 Å². The average molecular weight is 1850 g/mol. The van der Waals surface area contributed by atoms with Crippen LogP contribution in [0.25, 0.3) is 43.6 Å². The number of rotatable bonds is 14. The third kappa shape index (κ3) is 14.4. The molecule has 8 aliphatic heterocycles. The maximum atomic E-state index is 10.1. The predicted molar refractivity (Wildman–Crippen MR) is 499 cm³/mol. The van der Waals surface area contributed by atoms with Crippen LogP contribution in [0.15, 0.2) is 207 Å². The molecule has 4 fully saturated rings. The number of amidine groups is 8. The number of hydrogen-bond donors (Lipinski definition) is 2. The standard InChI is InChI=1S/C48H46GeN8O4.C42H42GeN16O2.C8H6/c58-25-29-17-21-31(22-18-29)27-60-49(61-28-32-23-19-30(26-59)20-24-32)56-45-37-13-5-6-14-38(37)47(56)54-43-35-11-3-4-12-36(35)44(51-43)55-48-40-16-8-7-15-39(40)46(57(48)49)53-42-34-10-2-1-9-33(34)41(50-42)52-45;1-21-7-5-8-22(2)25(21)19-60-43(61-20-26-23(3)9-6-10-24(26)4)58-39-31-32(49-16-15-48-31)41(58)56-37-29-30(47-14-13-46-29)38(53-37)57-42-34-33(50-17-18-51-34)40(59(42)43)55-36-28-27(35(52-36)54-39)44-11-12-45-28;1-3-5-7-8-6-4-2/h1-16,29-32,58-59H,17-28H2;11-18,21-26H,5-10,19-20H2,1-4H3;1-2H3. The zero-order valence-electron chi connectivity index (χ0n) is 73.0. The van der Waals surface area contributed by atoms with E-state index in [1.165, 1.54) is 12.8 Å². The van der Waals surface area contributed by atoms with Crippen LogP contribution in [-0.2, 0) is 15.1 Å². The van der Waals surface area contributed by atoms with Crippen LogP contribution in [0, 0.1) is 94.7 Å². The van der Waals surface area contributed by atoms with Crippen LogP contribution in [0.1, 0.15) is 176 Å². The van der Waals surface area contributed by atoms with Gasteiger partial charge in [0.1, 0.15) is 0 Å². The Kier molecular flexibility index (Phi) is 22.2. The average Bonchev–Trinajstić information content (AvgIpc) is 1.53. The van der Waals surface area contributed by atoms with Crippen LogP contribution in [-0.4, -0.2) is 179 Å². The summed E-state index contributed by atoms with van der Waals surface area (Å²) in [6, 6.07) is 33.0. The van der Waals surface area contributed by atoms with Gasteiger partial charge in [-0.3, -0.25) is 0 Å². The summed E-state index contributed by atoms with van der Waals surface area (Å²) in [7, 11) is 0. The minimum absolute atomic E-state index is 0.213. The molecule has 24 rings (SSSR count). The molecule has 4 aromatic carbocycles. The Bertz CT molecular complexity index is 7000. The van der Waals surface area contributed by atoms with Gasteiger partial charge in [0.05, 0.1) is 0 Å². The van der Waals surface area contributed by atoms with E-state index in [1.54, 1.807) is 63.4 Å². The molecule has 12 aliphatic rings. The van der Waals surface area contributed by atoms with Crippen molar-refractivity contribution in [3.05, 3.63) is 214 Å². The van der Waals surface area contributed by atoms with Crippen molar-refractivity contribution in [3.63, 3.8) is 0 Å². The van der Waals surface area contributed by atoms with Crippen molar-refractivity contribution in [1.29, 1.82) is 0 Å². The molecule has 4 saturated carbocycles. The fourth-order valence-corrected chi connectivity index (χ4v) is 35.1. The molecule has 130 heavy (non-hydrogen) atoms. The van der Waals surface area contributed by atoms with Crippen LogP contribution in [0.5, 0.6) is 0 Å². The van der Waals surface area contributed by atoms with E-state index in [9.17, 15) is 10.2 Å². The van der Waals surface area contributed by atoms with Gasteiger partial charge in [0, 0.05) is 0 Å². The van der Waals surface area contributed by atoms with E-state index in [-0.39, 0.29) is 36.9 Å². The fourth-order valence-electron chi connectivity index (χ4n) is 20.9. The van der Waals surface area contributed by atoms with Crippen LogP contribution >= 0.6 is 0 Å². The van der Waals surface area contributed by atoms with E-state index in [2.05, 4.69) is 143 Å². The Morgan fingerprint density at radius 3 is 0.969 bits per heavy atom. The number of aliphatic hydroxyl groups is 2. The quantitative estimate of drug-likeness (QED) is 0.0755. The van der Waals surface area contributed by atoms with Crippen LogP contribution < -0.4 is 22.0 Å². The summed E-state index contributed by atoms with van der Waals surface area (Å²) in [6.07, 6.45) is 27.6. The van der Waals surface area contributed by atoms with Crippen molar-refractivity contribution >= 4 is 142 Å². The Labute approximate surface area is 755 Å². The Morgan fingerprint density at radius 1 is 0.300 bits per heavy atom. The summed E-state index contributed by atoms with van der Waals surface area (Å²) in [6.45, 7) is 15.0. The van der Waals surface area contributed by atoms with Gasteiger partial charge in [0.25, 0.3) is 0 Å². The molecule has 0 amide bonds. The van der Waals surface area contributed by atoms with Gasteiger partial charge in [-0.15, -0.1) is 0 Å². The Hall–Kier alpha value is -12.6. The molecule has 650 valence electrons. The van der Waals surface area contributed by atoms with Gasteiger partial charge in [-0.2, -0.15) is 0 Å². The first-order valence-electron chi connectivity index (χ1n) is 45.4. The first kappa shape index (κ1) is 83.1. The molecule has 12 bridgehead atoms. The summed E-state index contributed by atoms with van der Waals surface area (Å²) < 4.78 is 40.2. The number of fused-ring (bicyclic) bond motifs is 28. The molecule has 0 spiro atoms. The zero-order chi connectivity index (χ0) is 87.9. The molecule has 0 saturated heterocycles. The topological polar surface area (TPSA) is 349 Å². The van der Waals surface area contributed by atoms with E-state index in [1.807, 2.05) is 31.3 Å². The molecule has 0 radical (unpaired) electrons.